The Hall–Kier alpha value is -1.44. The lowest BCUT2D eigenvalue weighted by Gasteiger charge is -2.28. The summed E-state index contributed by atoms with van der Waals surface area (Å²) in [7, 11) is 9.50. The maximum absolute atomic E-state index is 6.15. The third-order valence-electron chi connectivity index (χ3n) is 3.41. The highest BCUT2D eigenvalue weighted by atomic mass is 16.7. The summed E-state index contributed by atoms with van der Waals surface area (Å²) in [4.78, 5) is 12.3. The number of aliphatic imine (C=N–C) groups is 1. The molecule has 0 bridgehead atoms. The second-order valence-electron chi connectivity index (χ2n) is 5.18. The highest BCUT2D eigenvalue weighted by Gasteiger charge is 2.68. The van der Waals surface area contributed by atoms with Crippen LogP contribution in [-0.4, -0.2) is 73.8 Å². The molecule has 3 atom stereocenters. The summed E-state index contributed by atoms with van der Waals surface area (Å²) in [6, 6.07) is 0.631. The number of allylic oxidation sites excluding steroid dienone is 1. The first-order chi connectivity index (χ1) is 8.95. The molecule has 0 spiro atoms. The molecule has 7 nitrogen and oxygen atoms in total. The molecule has 3 N–H and O–H groups in total. The van der Waals surface area contributed by atoms with Crippen molar-refractivity contribution in [3.8, 4) is 0 Å². The highest BCUT2D eigenvalue weighted by Crippen LogP contribution is 2.50. The number of dihydropyridines is 1. The molecule has 0 saturated heterocycles. The number of nitrogens with two attached hydrogens (primary N) is 1. The van der Waals surface area contributed by atoms with Crippen LogP contribution in [0.5, 0.6) is 0 Å². The molecule has 1 saturated carbocycles. The van der Waals surface area contributed by atoms with E-state index in [4.69, 9.17) is 10.6 Å². The van der Waals surface area contributed by atoms with Crippen molar-refractivity contribution in [3.05, 3.63) is 12.2 Å². The van der Waals surface area contributed by atoms with Gasteiger partial charge in [-0.25, -0.2) is 14.9 Å². The van der Waals surface area contributed by atoms with E-state index in [1.807, 2.05) is 43.7 Å². The second kappa shape index (κ2) is 4.92. The van der Waals surface area contributed by atoms with E-state index in [9.17, 15) is 0 Å². The predicted molar refractivity (Wildman–Crippen MR) is 74.6 cm³/mol. The fraction of sp³-hybridized carbons (Fsp3) is 0.667. The van der Waals surface area contributed by atoms with E-state index in [1.54, 1.807) is 18.4 Å². The number of amidine groups is 1. The summed E-state index contributed by atoms with van der Waals surface area (Å²) in [5.74, 6) is 0.176. The molecule has 7 heteroatoms. The van der Waals surface area contributed by atoms with Crippen molar-refractivity contribution in [3.63, 3.8) is 0 Å². The van der Waals surface area contributed by atoms with E-state index in [-0.39, 0.29) is 12.0 Å². The Labute approximate surface area is 114 Å². The van der Waals surface area contributed by atoms with Gasteiger partial charge in [-0.3, -0.25) is 4.99 Å². The SMILES string of the molecule is CNN(OC(N(C)C)=[N+](C)C)C12N=CC=CC1C2N. The van der Waals surface area contributed by atoms with E-state index in [1.165, 1.54) is 0 Å². The van der Waals surface area contributed by atoms with Crippen LogP contribution in [0.1, 0.15) is 0 Å². The zero-order valence-corrected chi connectivity index (χ0v) is 12.2. The Morgan fingerprint density at radius 1 is 1.47 bits per heavy atom. The summed E-state index contributed by atoms with van der Waals surface area (Å²) >= 11 is 0. The Kier molecular flexibility index (Phi) is 3.62. The maximum Gasteiger partial charge on any atom is 0.466 e. The van der Waals surface area contributed by atoms with Gasteiger partial charge in [0, 0.05) is 19.2 Å². The number of hydrazine groups is 1. The molecule has 1 aliphatic carbocycles. The van der Waals surface area contributed by atoms with Crippen molar-refractivity contribution < 1.29 is 9.41 Å². The summed E-state index contributed by atoms with van der Waals surface area (Å²) in [5.41, 5.74) is 8.64. The van der Waals surface area contributed by atoms with Gasteiger partial charge in [0.15, 0.2) is 5.66 Å². The van der Waals surface area contributed by atoms with E-state index >= 15 is 0 Å². The van der Waals surface area contributed by atoms with Crippen LogP contribution < -0.4 is 11.2 Å². The Bertz CT molecular complexity index is 440. The van der Waals surface area contributed by atoms with E-state index in [0.717, 1.165) is 0 Å². The van der Waals surface area contributed by atoms with E-state index in [2.05, 4.69) is 16.5 Å². The fourth-order valence-corrected chi connectivity index (χ4v) is 2.44. The van der Waals surface area contributed by atoms with Crippen molar-refractivity contribution in [2.75, 3.05) is 35.2 Å². The first kappa shape index (κ1) is 14.0. The van der Waals surface area contributed by atoms with Crippen molar-refractivity contribution in [1.29, 1.82) is 0 Å². The first-order valence-corrected chi connectivity index (χ1v) is 6.30. The normalized spacial score (nSPS) is 31.1. The second-order valence-corrected chi connectivity index (χ2v) is 5.18. The lowest BCUT2D eigenvalue weighted by atomic mass is 10.3. The molecule has 2 aliphatic rings. The molecule has 0 amide bonds. The third kappa shape index (κ3) is 2.13. The van der Waals surface area contributed by atoms with Crippen LogP contribution in [-0.2, 0) is 4.84 Å². The average Bonchev–Trinajstić information content (AvgIpc) is 2.96. The van der Waals surface area contributed by atoms with Gasteiger partial charge in [0.1, 0.15) is 0 Å². The Balaban J connectivity index is 2.21. The molecule has 0 radical (unpaired) electrons. The lowest BCUT2D eigenvalue weighted by Crippen LogP contribution is -2.52. The van der Waals surface area contributed by atoms with Gasteiger partial charge in [0.25, 0.3) is 0 Å². The highest BCUT2D eigenvalue weighted by molar-refractivity contribution is 5.75. The zero-order chi connectivity index (χ0) is 14.2. The topological polar surface area (TPSA) is 69.1 Å². The number of hydrogen-bond donors (Lipinski definition) is 2. The predicted octanol–water partition coefficient (Wildman–Crippen LogP) is -1.16. The van der Waals surface area contributed by atoms with Gasteiger partial charge in [-0.05, 0) is 11.2 Å². The maximum atomic E-state index is 6.15. The van der Waals surface area contributed by atoms with Gasteiger partial charge in [-0.15, -0.1) is 0 Å². The number of fused-ring (bicyclic) bond motifs is 1. The van der Waals surface area contributed by atoms with Gasteiger partial charge in [-0.2, -0.15) is 0 Å². The fourth-order valence-electron chi connectivity index (χ4n) is 2.44. The molecule has 0 aromatic carbocycles. The zero-order valence-electron chi connectivity index (χ0n) is 12.2. The van der Waals surface area contributed by atoms with Crippen LogP contribution in [0.3, 0.4) is 0 Å². The molecule has 2 rings (SSSR count). The van der Waals surface area contributed by atoms with Crippen LogP contribution in [0.4, 0.5) is 0 Å². The van der Waals surface area contributed by atoms with Crippen LogP contribution in [0.25, 0.3) is 0 Å². The molecular weight excluding hydrogens is 244 g/mol. The van der Waals surface area contributed by atoms with Gasteiger partial charge in [-0.1, -0.05) is 6.08 Å². The molecule has 106 valence electrons. The van der Waals surface area contributed by atoms with Crippen molar-refractivity contribution >= 4 is 12.2 Å². The number of hydrogen-bond acceptors (Lipinski definition) is 5. The first-order valence-electron chi connectivity index (χ1n) is 6.30. The number of hydroxylamine groups is 1. The minimum atomic E-state index is -0.541. The minimum Gasteiger partial charge on any atom is -0.324 e. The molecular formula is C12H23N6O+. The van der Waals surface area contributed by atoms with Gasteiger partial charge < -0.3 is 10.6 Å². The third-order valence-corrected chi connectivity index (χ3v) is 3.41. The molecule has 1 fully saturated rings. The summed E-state index contributed by atoms with van der Waals surface area (Å²) in [5, 5.41) is 1.64. The molecule has 19 heavy (non-hydrogen) atoms. The average molecular weight is 267 g/mol. The van der Waals surface area contributed by atoms with Gasteiger partial charge in [0.05, 0.1) is 34.2 Å². The number of nitrogens with one attached hydrogen (secondary N) is 1. The quantitative estimate of drug-likeness (QED) is 0.292. The molecule has 0 aromatic rings. The summed E-state index contributed by atoms with van der Waals surface area (Å²) < 4.78 is 1.90. The summed E-state index contributed by atoms with van der Waals surface area (Å²) in [6.45, 7) is 0. The minimum absolute atomic E-state index is 0.0690. The smallest absolute Gasteiger partial charge is 0.324 e. The van der Waals surface area contributed by atoms with Crippen LogP contribution in [0.15, 0.2) is 17.1 Å². The van der Waals surface area contributed by atoms with E-state index in [0.29, 0.717) is 6.02 Å². The monoisotopic (exact) mass is 267 g/mol. The summed E-state index contributed by atoms with van der Waals surface area (Å²) in [6.07, 6.45) is 5.75. The number of rotatable bonds is 3. The van der Waals surface area contributed by atoms with Crippen molar-refractivity contribution in [2.24, 2.45) is 16.6 Å². The van der Waals surface area contributed by atoms with E-state index < -0.39 is 5.66 Å². The van der Waals surface area contributed by atoms with Crippen molar-refractivity contribution in [2.45, 2.75) is 11.7 Å². The van der Waals surface area contributed by atoms with Gasteiger partial charge in [0.2, 0.25) is 0 Å². The molecule has 1 aliphatic heterocycles. The van der Waals surface area contributed by atoms with Crippen LogP contribution in [0.2, 0.25) is 0 Å². The standard InChI is InChI=1S/C12H23N6O/c1-14-18(19-11(16(2)3)17(4)5)12-9(10(12)13)7-6-8-15-12/h6-10,14H,13H2,1-5H3/q+1. The molecule has 1 heterocycles. The largest absolute Gasteiger partial charge is 0.466 e. The van der Waals surface area contributed by atoms with Gasteiger partial charge >= 0.3 is 6.02 Å². The number of nitrogens with zero attached hydrogens (tertiary/aromatic N) is 4. The van der Waals surface area contributed by atoms with Crippen LogP contribution in [0, 0.1) is 5.92 Å². The molecule has 0 aromatic heterocycles. The molecule has 3 unspecified atom stereocenters. The Morgan fingerprint density at radius 3 is 2.63 bits per heavy atom. The Morgan fingerprint density at radius 2 is 2.16 bits per heavy atom. The van der Waals surface area contributed by atoms with Crippen LogP contribution >= 0.6 is 0 Å². The van der Waals surface area contributed by atoms with Crippen molar-refractivity contribution in [1.82, 2.24) is 15.5 Å². The lowest BCUT2D eigenvalue weighted by molar-refractivity contribution is -0.488.